The molecule has 8 nitrogen and oxygen atoms in total. The first-order valence-electron chi connectivity index (χ1n) is 27.9. The molecule has 0 aliphatic rings. The van der Waals surface area contributed by atoms with Gasteiger partial charge in [-0.25, -0.2) is 0 Å². The van der Waals surface area contributed by atoms with Crippen LogP contribution in [0.15, 0.2) is 85.1 Å². The first kappa shape index (κ1) is 65.7. The Bertz CT molecular complexity index is 1380. The summed E-state index contributed by atoms with van der Waals surface area (Å²) < 4.78 is 23.3. The number of allylic oxidation sites excluding steroid dienone is 13. The Morgan fingerprint density at radius 1 is 0.529 bits per heavy atom. The van der Waals surface area contributed by atoms with Gasteiger partial charge in [0.25, 0.3) is 7.82 Å². The molecule has 0 rings (SSSR count). The summed E-state index contributed by atoms with van der Waals surface area (Å²) in [5.41, 5.74) is 0. The van der Waals surface area contributed by atoms with E-state index < -0.39 is 26.6 Å². The van der Waals surface area contributed by atoms with Gasteiger partial charge >= 0.3 is 0 Å². The standard InChI is InChI=1S/C59H107N2O6P/c1-6-8-10-12-14-16-18-20-22-24-26-28-29-30-31-33-35-37-39-41-43-45-47-49-51-53-59(63)60-57(56-67-68(64,65)66-55-54-61(3,4)5)58(62)52-50-48-46-44-42-40-38-36-34-32-27-25-23-21-19-17-15-13-11-9-7-2/h8,10,14,16,20,22,26,28,30-31,42,44,50,52,57-58,62H,6-7,9,11-13,15,17-19,21,23-25,27,29,32-41,43,45-49,51,53-56H2,1-5H3,(H-,60,63,64,65)/b10-8-,16-14-,22-20-,28-26-,31-30-,44-42+,52-50+. The molecule has 2 N–H and O–H groups in total. The third kappa shape index (κ3) is 51.5. The molecule has 68 heavy (non-hydrogen) atoms. The quantitative estimate of drug-likeness (QED) is 0.0272. The molecule has 3 unspecified atom stereocenters. The predicted molar refractivity (Wildman–Crippen MR) is 293 cm³/mol. The highest BCUT2D eigenvalue weighted by molar-refractivity contribution is 7.45. The number of aliphatic hydroxyl groups excluding tert-OH is 1. The minimum Gasteiger partial charge on any atom is -0.756 e. The highest BCUT2D eigenvalue weighted by Crippen LogP contribution is 2.38. The number of phosphoric ester groups is 1. The Morgan fingerprint density at radius 2 is 0.912 bits per heavy atom. The zero-order chi connectivity index (χ0) is 49.9. The van der Waals surface area contributed by atoms with Crippen LogP contribution in [0.5, 0.6) is 0 Å². The summed E-state index contributed by atoms with van der Waals surface area (Å²) in [7, 11) is 1.23. The number of phosphoric acid groups is 1. The van der Waals surface area contributed by atoms with Crippen LogP contribution < -0.4 is 10.2 Å². The number of quaternary nitrogens is 1. The van der Waals surface area contributed by atoms with Gasteiger partial charge in [-0.3, -0.25) is 9.36 Å². The molecule has 394 valence electrons. The smallest absolute Gasteiger partial charge is 0.268 e. The molecule has 1 amide bonds. The van der Waals surface area contributed by atoms with Gasteiger partial charge in [0, 0.05) is 6.42 Å². The van der Waals surface area contributed by atoms with E-state index in [1.807, 2.05) is 27.2 Å². The third-order valence-corrected chi connectivity index (χ3v) is 13.1. The van der Waals surface area contributed by atoms with Crippen molar-refractivity contribution in [2.45, 2.75) is 244 Å². The number of aliphatic hydroxyl groups is 1. The minimum atomic E-state index is -4.61. The van der Waals surface area contributed by atoms with E-state index in [-0.39, 0.29) is 12.5 Å². The average Bonchev–Trinajstić information content (AvgIpc) is 3.30. The number of hydrogen-bond donors (Lipinski definition) is 2. The van der Waals surface area contributed by atoms with Crippen molar-refractivity contribution in [3.05, 3.63) is 85.1 Å². The van der Waals surface area contributed by atoms with E-state index in [2.05, 4.69) is 92.1 Å². The van der Waals surface area contributed by atoms with Crippen molar-refractivity contribution >= 4 is 13.7 Å². The molecule has 9 heteroatoms. The monoisotopic (exact) mass is 971 g/mol. The molecular formula is C59H107N2O6P. The van der Waals surface area contributed by atoms with E-state index in [0.717, 1.165) is 83.5 Å². The van der Waals surface area contributed by atoms with Crippen molar-refractivity contribution in [2.75, 3.05) is 40.9 Å². The Hall–Kier alpha value is -2.32. The lowest BCUT2D eigenvalue weighted by molar-refractivity contribution is -0.870. The van der Waals surface area contributed by atoms with Crippen molar-refractivity contribution in [3.8, 4) is 0 Å². The number of carbonyl (C=O) groups excluding carboxylic acids is 1. The van der Waals surface area contributed by atoms with Gasteiger partial charge in [-0.05, 0) is 77.0 Å². The van der Waals surface area contributed by atoms with Gasteiger partial charge in [0.15, 0.2) is 0 Å². The van der Waals surface area contributed by atoms with Crippen LogP contribution in [0.2, 0.25) is 0 Å². The van der Waals surface area contributed by atoms with Crippen LogP contribution >= 0.6 is 7.82 Å². The van der Waals surface area contributed by atoms with E-state index in [0.29, 0.717) is 17.4 Å². The summed E-state index contributed by atoms with van der Waals surface area (Å²) in [6.45, 7) is 4.52. The first-order valence-corrected chi connectivity index (χ1v) is 29.4. The maximum absolute atomic E-state index is 13.0. The number of rotatable bonds is 50. The summed E-state index contributed by atoms with van der Waals surface area (Å²) in [5.74, 6) is -0.216. The molecule has 0 fully saturated rings. The maximum Gasteiger partial charge on any atom is 0.268 e. The van der Waals surface area contributed by atoms with E-state index >= 15 is 0 Å². The summed E-state index contributed by atoms with van der Waals surface area (Å²) in [5, 5.41) is 13.9. The number of nitrogens with one attached hydrogen (secondary N) is 1. The van der Waals surface area contributed by atoms with Gasteiger partial charge in [-0.1, -0.05) is 234 Å². The zero-order valence-corrected chi connectivity index (χ0v) is 45.7. The van der Waals surface area contributed by atoms with Crippen molar-refractivity contribution in [2.24, 2.45) is 0 Å². The molecule has 0 saturated carbocycles. The van der Waals surface area contributed by atoms with Crippen LogP contribution in [0.25, 0.3) is 0 Å². The first-order chi connectivity index (χ1) is 33.0. The molecule has 0 spiro atoms. The van der Waals surface area contributed by atoms with Gasteiger partial charge in [0.2, 0.25) is 5.91 Å². The molecule has 0 aliphatic heterocycles. The number of amides is 1. The minimum absolute atomic E-state index is 0.0114. The summed E-state index contributed by atoms with van der Waals surface area (Å²) in [6, 6.07) is -0.912. The number of carbonyl (C=O) groups is 1. The Labute approximate surface area is 420 Å². The van der Waals surface area contributed by atoms with Crippen LogP contribution in [0, 0.1) is 0 Å². The summed E-state index contributed by atoms with van der Waals surface area (Å²) >= 11 is 0. The second-order valence-electron chi connectivity index (χ2n) is 19.9. The summed E-state index contributed by atoms with van der Waals surface area (Å²) in [6.07, 6.45) is 69.4. The van der Waals surface area contributed by atoms with Gasteiger partial charge in [0.05, 0.1) is 39.9 Å². The Balaban J connectivity index is 4.31. The van der Waals surface area contributed by atoms with E-state index in [1.54, 1.807) is 6.08 Å². The van der Waals surface area contributed by atoms with E-state index in [4.69, 9.17) is 9.05 Å². The van der Waals surface area contributed by atoms with E-state index in [9.17, 15) is 19.4 Å². The van der Waals surface area contributed by atoms with Crippen molar-refractivity contribution < 1.29 is 32.9 Å². The van der Waals surface area contributed by atoms with Gasteiger partial charge in [0.1, 0.15) is 13.2 Å². The van der Waals surface area contributed by atoms with Crippen LogP contribution in [0.3, 0.4) is 0 Å². The van der Waals surface area contributed by atoms with Gasteiger partial charge < -0.3 is 28.8 Å². The number of nitrogens with zero attached hydrogens (tertiary/aromatic N) is 1. The second-order valence-corrected chi connectivity index (χ2v) is 21.3. The van der Waals surface area contributed by atoms with Gasteiger partial charge in [-0.15, -0.1) is 0 Å². The fourth-order valence-electron chi connectivity index (χ4n) is 7.73. The average molecular weight is 971 g/mol. The lowest BCUT2D eigenvalue weighted by Crippen LogP contribution is -2.45. The molecule has 0 radical (unpaired) electrons. The SMILES string of the molecule is CC/C=C\C/C=C\C/C=C\C/C=C\C/C=C\CCCCCCCCCCCC(=O)NC(COP(=O)([O-])OCC[N+](C)(C)C)C(O)/C=C/CC/C=C/CCCCCCCCCCCCCCCCC. The fourth-order valence-corrected chi connectivity index (χ4v) is 8.45. The lowest BCUT2D eigenvalue weighted by atomic mass is 10.0. The molecule has 0 saturated heterocycles. The highest BCUT2D eigenvalue weighted by atomic mass is 31.2. The van der Waals surface area contributed by atoms with Crippen molar-refractivity contribution in [1.82, 2.24) is 5.32 Å². The van der Waals surface area contributed by atoms with Crippen molar-refractivity contribution in [3.63, 3.8) is 0 Å². The van der Waals surface area contributed by atoms with Crippen molar-refractivity contribution in [1.29, 1.82) is 0 Å². The van der Waals surface area contributed by atoms with Crippen LogP contribution in [0.4, 0.5) is 0 Å². The maximum atomic E-state index is 13.0. The molecule has 0 aromatic rings. The number of unbranched alkanes of at least 4 members (excludes halogenated alkanes) is 25. The number of hydrogen-bond acceptors (Lipinski definition) is 6. The second kappa shape index (κ2) is 49.7. The van der Waals surface area contributed by atoms with Crippen LogP contribution in [-0.4, -0.2) is 68.5 Å². The predicted octanol–water partition coefficient (Wildman–Crippen LogP) is 16.2. The third-order valence-electron chi connectivity index (χ3n) is 12.1. The Kier molecular flexibility index (Phi) is 48.0. The normalized spacial score (nSPS) is 14.6. The topological polar surface area (TPSA) is 108 Å². The van der Waals surface area contributed by atoms with E-state index in [1.165, 1.54) is 128 Å². The van der Waals surface area contributed by atoms with Crippen LogP contribution in [0.1, 0.15) is 232 Å². The van der Waals surface area contributed by atoms with Gasteiger partial charge in [-0.2, -0.15) is 0 Å². The van der Waals surface area contributed by atoms with Crippen LogP contribution in [-0.2, 0) is 18.4 Å². The largest absolute Gasteiger partial charge is 0.756 e. The Morgan fingerprint density at radius 3 is 1.37 bits per heavy atom. The molecule has 0 aromatic carbocycles. The zero-order valence-electron chi connectivity index (χ0n) is 44.8. The molecule has 0 aromatic heterocycles. The molecular weight excluding hydrogens is 864 g/mol. The number of likely N-dealkylation sites (N-methyl/N-ethyl adjacent to an activating group) is 1. The summed E-state index contributed by atoms with van der Waals surface area (Å²) in [4.78, 5) is 25.5. The molecule has 0 bridgehead atoms. The highest BCUT2D eigenvalue weighted by Gasteiger charge is 2.23. The fraction of sp³-hybridized carbons (Fsp3) is 0.746. The lowest BCUT2D eigenvalue weighted by Gasteiger charge is -2.29. The molecule has 0 heterocycles. The molecule has 0 aliphatic carbocycles. The molecule has 3 atom stereocenters.